The van der Waals surface area contributed by atoms with Gasteiger partial charge in [0.05, 0.1) is 0 Å². The molecule has 0 rings (SSSR count). The van der Waals surface area contributed by atoms with Crippen LogP contribution in [0, 0.1) is 11.8 Å². The quantitative estimate of drug-likeness (QED) is 0.802. The van der Waals surface area contributed by atoms with Crippen LogP contribution in [0.5, 0.6) is 0 Å². The minimum Gasteiger partial charge on any atom is -0.480 e. The molecule has 1 unspecified atom stereocenters. The van der Waals surface area contributed by atoms with Crippen LogP contribution in [0.2, 0.25) is 0 Å². The molecule has 0 spiro atoms. The number of carbonyl (C=O) groups is 2. The van der Waals surface area contributed by atoms with Crippen molar-refractivity contribution in [3.63, 3.8) is 0 Å². The second-order valence-corrected chi connectivity index (χ2v) is 5.52. The van der Waals surface area contributed by atoms with Crippen LogP contribution in [-0.4, -0.2) is 34.0 Å². The van der Waals surface area contributed by atoms with E-state index in [0.29, 0.717) is 0 Å². The molecule has 0 aliphatic heterocycles. The second kappa shape index (κ2) is 5.32. The highest BCUT2D eigenvalue weighted by Crippen LogP contribution is 2.20. The van der Waals surface area contributed by atoms with Gasteiger partial charge in [-0.2, -0.15) is 0 Å². The van der Waals surface area contributed by atoms with Crippen molar-refractivity contribution >= 4 is 11.9 Å². The van der Waals surface area contributed by atoms with Crippen molar-refractivity contribution in [2.24, 2.45) is 11.8 Å². The van der Waals surface area contributed by atoms with Crippen molar-refractivity contribution in [2.45, 2.75) is 47.1 Å². The predicted molar refractivity (Wildman–Crippen MR) is 63.1 cm³/mol. The van der Waals surface area contributed by atoms with Crippen LogP contribution in [-0.2, 0) is 9.59 Å². The highest BCUT2D eigenvalue weighted by atomic mass is 16.4. The van der Waals surface area contributed by atoms with Gasteiger partial charge in [0, 0.05) is 11.5 Å². The number of aliphatic carboxylic acids is 1. The molecule has 0 heterocycles. The average molecular weight is 229 g/mol. The van der Waals surface area contributed by atoms with Crippen molar-refractivity contribution in [3.05, 3.63) is 0 Å². The van der Waals surface area contributed by atoms with Crippen LogP contribution >= 0.6 is 0 Å². The number of hydrogen-bond donors (Lipinski definition) is 1. The Morgan fingerprint density at radius 3 is 1.88 bits per heavy atom. The van der Waals surface area contributed by atoms with Crippen LogP contribution in [0.25, 0.3) is 0 Å². The van der Waals surface area contributed by atoms with Gasteiger partial charge in [-0.3, -0.25) is 9.59 Å². The molecular weight excluding hydrogens is 206 g/mol. The van der Waals surface area contributed by atoms with E-state index in [1.54, 1.807) is 0 Å². The summed E-state index contributed by atoms with van der Waals surface area (Å²) in [4.78, 5) is 24.3. The number of rotatable bonds is 4. The molecule has 0 bridgehead atoms. The molecule has 1 N–H and O–H groups in total. The van der Waals surface area contributed by atoms with Crippen LogP contribution in [0.15, 0.2) is 0 Å². The first-order valence-corrected chi connectivity index (χ1v) is 5.60. The van der Waals surface area contributed by atoms with Gasteiger partial charge >= 0.3 is 5.97 Å². The molecule has 1 atom stereocenters. The Morgan fingerprint density at radius 1 is 1.19 bits per heavy atom. The first kappa shape index (κ1) is 14.9. The van der Waals surface area contributed by atoms with E-state index in [9.17, 15) is 9.59 Å². The van der Waals surface area contributed by atoms with E-state index in [-0.39, 0.29) is 24.3 Å². The Balaban J connectivity index is 4.91. The van der Waals surface area contributed by atoms with Gasteiger partial charge in [-0.1, -0.05) is 20.8 Å². The number of hydrogen-bond acceptors (Lipinski definition) is 2. The van der Waals surface area contributed by atoms with E-state index in [4.69, 9.17) is 5.11 Å². The van der Waals surface area contributed by atoms with E-state index in [0.717, 1.165) is 0 Å². The van der Waals surface area contributed by atoms with Crippen LogP contribution in [0.1, 0.15) is 41.5 Å². The summed E-state index contributed by atoms with van der Waals surface area (Å²) < 4.78 is 0. The molecule has 0 aliphatic rings. The van der Waals surface area contributed by atoms with Gasteiger partial charge in [-0.05, 0) is 26.7 Å². The lowest BCUT2D eigenvalue weighted by Gasteiger charge is -2.37. The number of carbonyl (C=O) groups excluding carboxylic acids is 1. The van der Waals surface area contributed by atoms with Crippen molar-refractivity contribution in [1.29, 1.82) is 0 Å². The minimum atomic E-state index is -0.973. The van der Waals surface area contributed by atoms with Gasteiger partial charge in [0.25, 0.3) is 0 Å². The molecule has 16 heavy (non-hydrogen) atoms. The summed E-state index contributed by atoms with van der Waals surface area (Å²) in [5.41, 5.74) is -0.460. The summed E-state index contributed by atoms with van der Waals surface area (Å²) in [6.07, 6.45) is 0. The van der Waals surface area contributed by atoms with E-state index in [1.807, 2.05) is 41.5 Å². The fraction of sp³-hybridized carbons (Fsp3) is 0.833. The lowest BCUT2D eigenvalue weighted by atomic mass is 9.94. The molecule has 1 amide bonds. The number of nitrogens with zero attached hydrogens (tertiary/aromatic N) is 1. The molecule has 0 aliphatic carbocycles. The molecule has 4 heteroatoms. The Kier molecular flexibility index (Phi) is 4.97. The molecule has 0 saturated heterocycles. The topological polar surface area (TPSA) is 57.6 Å². The number of carboxylic acid groups (broad SMARTS) is 1. The SMILES string of the molecule is CC(C)C(C)C(=O)N(CC(=O)O)C(C)(C)C. The van der Waals surface area contributed by atoms with Crippen molar-refractivity contribution in [1.82, 2.24) is 4.90 Å². The third kappa shape index (κ3) is 4.21. The van der Waals surface area contributed by atoms with Gasteiger partial charge in [0.2, 0.25) is 5.91 Å². The normalized spacial score (nSPS) is 13.7. The molecule has 0 fully saturated rings. The summed E-state index contributed by atoms with van der Waals surface area (Å²) in [6.45, 7) is 11.1. The monoisotopic (exact) mass is 229 g/mol. The predicted octanol–water partition coefficient (Wildman–Crippen LogP) is 1.99. The maximum absolute atomic E-state index is 12.1. The van der Waals surface area contributed by atoms with E-state index >= 15 is 0 Å². The van der Waals surface area contributed by atoms with E-state index in [1.165, 1.54) is 4.90 Å². The fourth-order valence-corrected chi connectivity index (χ4v) is 1.31. The van der Waals surface area contributed by atoms with Crippen LogP contribution in [0.3, 0.4) is 0 Å². The summed E-state index contributed by atoms with van der Waals surface area (Å²) in [5, 5.41) is 8.82. The summed E-state index contributed by atoms with van der Waals surface area (Å²) >= 11 is 0. The second-order valence-electron chi connectivity index (χ2n) is 5.52. The highest BCUT2D eigenvalue weighted by Gasteiger charge is 2.32. The number of carboxylic acids is 1. The first-order valence-electron chi connectivity index (χ1n) is 5.60. The standard InChI is InChI=1S/C12H23NO3/c1-8(2)9(3)11(16)13(7-10(14)15)12(4,5)6/h8-9H,7H2,1-6H3,(H,14,15). The minimum absolute atomic E-state index is 0.0927. The Hall–Kier alpha value is -1.06. The summed E-state index contributed by atoms with van der Waals surface area (Å²) in [5.74, 6) is -1.01. The molecular formula is C12H23NO3. The van der Waals surface area contributed by atoms with Gasteiger partial charge in [-0.15, -0.1) is 0 Å². The Labute approximate surface area is 97.6 Å². The van der Waals surface area contributed by atoms with Gasteiger partial charge in [-0.25, -0.2) is 0 Å². The molecule has 4 nitrogen and oxygen atoms in total. The third-order valence-corrected chi connectivity index (χ3v) is 2.76. The van der Waals surface area contributed by atoms with Gasteiger partial charge in [0.1, 0.15) is 6.54 Å². The Morgan fingerprint density at radius 2 is 1.62 bits per heavy atom. The molecule has 0 aromatic carbocycles. The molecule has 0 saturated carbocycles. The Bertz CT molecular complexity index is 266. The zero-order valence-electron chi connectivity index (χ0n) is 11.1. The first-order chi connectivity index (χ1) is 7.07. The van der Waals surface area contributed by atoms with Crippen molar-refractivity contribution < 1.29 is 14.7 Å². The highest BCUT2D eigenvalue weighted by molar-refractivity contribution is 5.83. The average Bonchev–Trinajstić information content (AvgIpc) is 2.09. The maximum atomic E-state index is 12.1. The summed E-state index contributed by atoms with van der Waals surface area (Å²) in [6, 6.07) is 0. The van der Waals surface area contributed by atoms with Crippen LogP contribution < -0.4 is 0 Å². The molecule has 94 valence electrons. The smallest absolute Gasteiger partial charge is 0.323 e. The van der Waals surface area contributed by atoms with Gasteiger partial charge < -0.3 is 10.0 Å². The molecule has 0 aromatic rings. The van der Waals surface area contributed by atoms with Crippen LogP contribution in [0.4, 0.5) is 0 Å². The lowest BCUT2D eigenvalue weighted by molar-refractivity contribution is -0.151. The molecule has 0 aromatic heterocycles. The molecule has 0 radical (unpaired) electrons. The lowest BCUT2D eigenvalue weighted by Crippen LogP contribution is -2.50. The summed E-state index contributed by atoms with van der Waals surface area (Å²) in [7, 11) is 0. The van der Waals surface area contributed by atoms with Crippen molar-refractivity contribution in [3.8, 4) is 0 Å². The zero-order valence-corrected chi connectivity index (χ0v) is 11.1. The zero-order chi connectivity index (χ0) is 13.1. The maximum Gasteiger partial charge on any atom is 0.323 e. The van der Waals surface area contributed by atoms with Gasteiger partial charge in [0.15, 0.2) is 0 Å². The van der Waals surface area contributed by atoms with Crippen molar-refractivity contribution in [2.75, 3.05) is 6.54 Å². The van der Waals surface area contributed by atoms with E-state index in [2.05, 4.69) is 0 Å². The number of amides is 1. The van der Waals surface area contributed by atoms with E-state index < -0.39 is 11.5 Å². The third-order valence-electron chi connectivity index (χ3n) is 2.76. The fourth-order valence-electron chi connectivity index (χ4n) is 1.31. The largest absolute Gasteiger partial charge is 0.480 e.